The predicted octanol–water partition coefficient (Wildman–Crippen LogP) is 5.38. The first-order chi connectivity index (χ1) is 21.5. The lowest BCUT2D eigenvalue weighted by molar-refractivity contribution is 0.107. The fourth-order valence-electron chi connectivity index (χ4n) is 7.82. The first-order valence-electron chi connectivity index (χ1n) is 15.6. The van der Waals surface area contributed by atoms with Crippen molar-refractivity contribution in [1.82, 2.24) is 25.2 Å². The fourth-order valence-corrected chi connectivity index (χ4v) is 7.82. The smallest absolute Gasteiger partial charge is 0.319 e. The van der Waals surface area contributed by atoms with Gasteiger partial charge in [-0.15, -0.1) is 6.42 Å². The molecule has 6 heterocycles. The molecule has 44 heavy (non-hydrogen) atoms. The molecule has 4 aliphatic rings. The van der Waals surface area contributed by atoms with E-state index in [0.717, 1.165) is 56.4 Å². The molecule has 0 aliphatic carbocycles. The molecule has 1 N–H and O–H groups in total. The lowest BCUT2D eigenvalue weighted by Gasteiger charge is -2.34. The Bertz CT molecular complexity index is 1770. The zero-order chi connectivity index (χ0) is 29.8. The molecule has 2 aromatic heterocycles. The molecule has 0 spiro atoms. The van der Waals surface area contributed by atoms with Crippen molar-refractivity contribution in [2.75, 3.05) is 37.7 Å². The van der Waals surface area contributed by atoms with Gasteiger partial charge in [-0.2, -0.15) is 9.97 Å². The average molecular weight is 593 g/mol. The quantitative estimate of drug-likeness (QED) is 0.302. The number of alkyl halides is 1. The highest BCUT2D eigenvalue weighted by Crippen LogP contribution is 2.41. The van der Waals surface area contributed by atoms with Gasteiger partial charge in [-0.25, -0.2) is 13.8 Å². The Balaban J connectivity index is 1.25. The normalized spacial score (nSPS) is 26.2. The average Bonchev–Trinajstić information content (AvgIpc) is 3.70. The number of nitrogens with one attached hydrogen (secondary N) is 1. The van der Waals surface area contributed by atoms with Crippen molar-refractivity contribution in [3.05, 3.63) is 66.1 Å². The van der Waals surface area contributed by atoms with E-state index in [0.29, 0.717) is 47.5 Å². The largest absolute Gasteiger partial charge is 0.461 e. The van der Waals surface area contributed by atoms with Crippen LogP contribution in [0.3, 0.4) is 0 Å². The number of aromatic nitrogens is 3. The summed E-state index contributed by atoms with van der Waals surface area (Å²) in [7, 11) is 0. The van der Waals surface area contributed by atoms with Crippen LogP contribution in [0.1, 0.15) is 37.8 Å². The molecule has 224 valence electrons. The van der Waals surface area contributed by atoms with Crippen LogP contribution in [0.15, 0.2) is 54.6 Å². The highest BCUT2D eigenvalue weighted by atomic mass is 19.1. The van der Waals surface area contributed by atoms with Crippen LogP contribution in [0.5, 0.6) is 6.01 Å². The molecule has 4 aliphatic heterocycles. The topological polar surface area (TPSA) is 66.4 Å². The van der Waals surface area contributed by atoms with Gasteiger partial charge in [-0.1, -0.05) is 48.5 Å². The fraction of sp³-hybridized carbons (Fsp3) is 0.400. The minimum absolute atomic E-state index is 0.0824. The number of benzene rings is 2. The van der Waals surface area contributed by atoms with E-state index >= 15 is 4.39 Å². The Hall–Kier alpha value is -4.13. The van der Waals surface area contributed by atoms with E-state index in [2.05, 4.69) is 26.0 Å². The summed E-state index contributed by atoms with van der Waals surface area (Å²) in [5, 5.41) is 4.07. The van der Waals surface area contributed by atoms with Crippen LogP contribution in [0.4, 0.5) is 14.6 Å². The number of ether oxygens (including phenoxy) is 1. The summed E-state index contributed by atoms with van der Waals surface area (Å²) in [5.41, 5.74) is 2.71. The van der Waals surface area contributed by atoms with Crippen molar-refractivity contribution in [2.45, 2.75) is 55.9 Å². The van der Waals surface area contributed by atoms with Gasteiger partial charge < -0.3 is 15.0 Å². The molecule has 4 aromatic rings. The Morgan fingerprint density at radius 1 is 0.977 bits per heavy atom. The Morgan fingerprint density at radius 3 is 2.55 bits per heavy atom. The monoisotopic (exact) mass is 592 g/mol. The minimum atomic E-state index is -0.876. The van der Waals surface area contributed by atoms with Crippen molar-refractivity contribution >= 4 is 16.7 Å². The van der Waals surface area contributed by atoms with E-state index in [1.54, 1.807) is 0 Å². The van der Waals surface area contributed by atoms with E-state index in [4.69, 9.17) is 21.1 Å². The number of piperazine rings is 1. The van der Waals surface area contributed by atoms with Gasteiger partial charge in [0.2, 0.25) is 0 Å². The van der Waals surface area contributed by atoms with E-state index in [-0.39, 0.29) is 29.4 Å². The molecule has 8 rings (SSSR count). The number of hydrogen-bond acceptors (Lipinski definition) is 7. The molecule has 2 unspecified atom stereocenters. The number of terminal acetylenes is 1. The predicted molar refractivity (Wildman–Crippen MR) is 167 cm³/mol. The van der Waals surface area contributed by atoms with Gasteiger partial charge in [0, 0.05) is 43.7 Å². The third-order valence-electron chi connectivity index (χ3n) is 9.87. The number of nitrogens with zero attached hydrogens (tertiary/aromatic N) is 5. The second kappa shape index (κ2) is 10.8. The molecule has 2 bridgehead atoms. The number of fused-ring (bicyclic) bond motifs is 4. The summed E-state index contributed by atoms with van der Waals surface area (Å²) in [5.74, 6) is 2.69. The van der Waals surface area contributed by atoms with Crippen LogP contribution in [-0.4, -0.2) is 76.4 Å². The lowest BCUT2D eigenvalue weighted by Crippen LogP contribution is -2.51. The van der Waals surface area contributed by atoms with Gasteiger partial charge >= 0.3 is 6.01 Å². The number of anilines is 1. The molecular formula is C35H34F2N6O. The Labute approximate surface area is 255 Å². The van der Waals surface area contributed by atoms with Gasteiger partial charge in [0.25, 0.3) is 0 Å². The number of halogens is 2. The molecule has 7 nitrogen and oxygen atoms in total. The van der Waals surface area contributed by atoms with Crippen molar-refractivity contribution < 1.29 is 13.5 Å². The first-order valence-corrected chi connectivity index (χ1v) is 15.6. The van der Waals surface area contributed by atoms with Gasteiger partial charge in [0.1, 0.15) is 35.5 Å². The standard InChI is InChI=1S/C35H34F2N6O/c1-2-28-29-32(30(37)31(39-28)24-11-6-10-23(16-24)22-8-4-3-5-9-22)40-34(41-33(29)42-19-26-12-13-27(20-42)38-26)44-21-35-14-7-15-43(35)18-25(36)17-35/h1,3-6,8-11,16,25-27,38H,7,12-15,17-21H2/t25-,26?,27?,35+/m1/s1. The summed E-state index contributed by atoms with van der Waals surface area (Å²) in [6.45, 7) is 2.97. The van der Waals surface area contributed by atoms with Gasteiger partial charge in [0.05, 0.1) is 10.9 Å². The molecule has 9 heteroatoms. The Morgan fingerprint density at radius 2 is 1.75 bits per heavy atom. The maximum Gasteiger partial charge on any atom is 0.319 e. The van der Waals surface area contributed by atoms with Crippen LogP contribution in [0.25, 0.3) is 33.3 Å². The molecule has 0 radical (unpaired) electrons. The van der Waals surface area contributed by atoms with Crippen molar-refractivity contribution in [3.63, 3.8) is 0 Å². The minimum Gasteiger partial charge on any atom is -0.461 e. The summed E-state index contributed by atoms with van der Waals surface area (Å²) in [6, 6.07) is 18.3. The van der Waals surface area contributed by atoms with Gasteiger partial charge in [0.15, 0.2) is 5.82 Å². The molecule has 4 fully saturated rings. The van der Waals surface area contributed by atoms with Crippen LogP contribution in [0.2, 0.25) is 0 Å². The molecule has 2 aromatic carbocycles. The van der Waals surface area contributed by atoms with Crippen LogP contribution in [0, 0.1) is 18.2 Å². The van der Waals surface area contributed by atoms with E-state index < -0.39 is 12.0 Å². The molecular weight excluding hydrogens is 558 g/mol. The summed E-state index contributed by atoms with van der Waals surface area (Å²) in [4.78, 5) is 18.6. The first kappa shape index (κ1) is 27.4. The third kappa shape index (κ3) is 4.68. The molecule has 0 amide bonds. The summed E-state index contributed by atoms with van der Waals surface area (Å²) in [6.07, 6.45) is 9.62. The second-order valence-electron chi connectivity index (χ2n) is 12.7. The van der Waals surface area contributed by atoms with Crippen molar-refractivity contribution in [3.8, 4) is 40.7 Å². The summed E-state index contributed by atoms with van der Waals surface area (Å²) >= 11 is 0. The van der Waals surface area contributed by atoms with Crippen molar-refractivity contribution in [1.29, 1.82) is 0 Å². The SMILES string of the molecule is C#Cc1nc(-c2cccc(-c3ccccc3)c2)c(F)c2nc(OC[C@@]34CCCN3C[C@H](F)C4)nc(N3CC4CCC(C3)N4)c12. The van der Waals surface area contributed by atoms with E-state index in [1.807, 2.05) is 54.6 Å². The van der Waals surface area contributed by atoms with Gasteiger partial charge in [-0.3, -0.25) is 4.90 Å². The second-order valence-corrected chi connectivity index (χ2v) is 12.7. The molecule has 4 atom stereocenters. The van der Waals surface area contributed by atoms with E-state index in [1.165, 1.54) is 0 Å². The number of rotatable bonds is 6. The lowest BCUT2D eigenvalue weighted by atomic mass is 9.95. The van der Waals surface area contributed by atoms with E-state index in [9.17, 15) is 4.39 Å². The van der Waals surface area contributed by atoms with Crippen LogP contribution >= 0.6 is 0 Å². The van der Waals surface area contributed by atoms with Gasteiger partial charge in [-0.05, 0) is 55.3 Å². The highest BCUT2D eigenvalue weighted by Gasteiger charge is 2.49. The number of pyridine rings is 1. The van der Waals surface area contributed by atoms with Crippen molar-refractivity contribution in [2.24, 2.45) is 0 Å². The third-order valence-corrected chi connectivity index (χ3v) is 9.87. The molecule has 0 saturated carbocycles. The van der Waals surface area contributed by atoms with Crippen LogP contribution < -0.4 is 15.0 Å². The zero-order valence-corrected chi connectivity index (χ0v) is 24.5. The maximum atomic E-state index is 16.7. The maximum absolute atomic E-state index is 16.7. The summed E-state index contributed by atoms with van der Waals surface area (Å²) < 4.78 is 37.5. The highest BCUT2D eigenvalue weighted by molar-refractivity contribution is 5.96. The zero-order valence-electron chi connectivity index (χ0n) is 24.5. The van der Waals surface area contributed by atoms with Crippen LogP contribution in [-0.2, 0) is 0 Å². The molecule has 4 saturated heterocycles. The number of hydrogen-bond donors (Lipinski definition) is 1. The Kier molecular flexibility index (Phi) is 6.73.